The molecule has 2 heterocycles. The average Bonchev–Trinajstić information content (AvgIpc) is 2.53. The maximum Gasteiger partial charge on any atom is 0.265 e. The predicted octanol–water partition coefficient (Wildman–Crippen LogP) is 2.26. The van der Waals surface area contributed by atoms with E-state index in [-0.39, 0.29) is 18.3 Å². The van der Waals surface area contributed by atoms with Gasteiger partial charge >= 0.3 is 0 Å². The van der Waals surface area contributed by atoms with Crippen molar-refractivity contribution in [3.05, 3.63) is 21.3 Å². The third kappa shape index (κ3) is 3.10. The Morgan fingerprint density at radius 2 is 2.25 bits per heavy atom. The fourth-order valence-electron chi connectivity index (χ4n) is 1.64. The van der Waals surface area contributed by atoms with E-state index >= 15 is 0 Å². The monoisotopic (exact) mass is 280 g/mol. The first-order chi connectivity index (χ1) is 7.29. The number of amides is 1. The third-order valence-electron chi connectivity index (χ3n) is 2.44. The van der Waals surface area contributed by atoms with Gasteiger partial charge < -0.3 is 10.2 Å². The Kier molecular flexibility index (Phi) is 5.55. The Hall–Kier alpha value is -0.290. The molecule has 90 valence electrons. The van der Waals surface area contributed by atoms with E-state index in [0.717, 1.165) is 32.6 Å². The van der Waals surface area contributed by atoms with Crippen molar-refractivity contribution in [1.82, 2.24) is 10.2 Å². The van der Waals surface area contributed by atoms with Crippen molar-refractivity contribution in [1.29, 1.82) is 0 Å². The van der Waals surface area contributed by atoms with Crippen molar-refractivity contribution in [2.24, 2.45) is 0 Å². The molecule has 6 heteroatoms. The molecule has 0 radical (unpaired) electrons. The minimum atomic E-state index is 0. The summed E-state index contributed by atoms with van der Waals surface area (Å²) in [5.74, 6) is 0.0682. The molecule has 0 atom stereocenters. The van der Waals surface area contributed by atoms with Crippen LogP contribution in [0.5, 0.6) is 0 Å². The number of hydrogen-bond donors (Lipinski definition) is 1. The Morgan fingerprint density at radius 3 is 2.94 bits per heavy atom. The fourth-order valence-corrected chi connectivity index (χ4v) is 2.74. The predicted molar refractivity (Wildman–Crippen MR) is 70.0 cm³/mol. The van der Waals surface area contributed by atoms with E-state index in [1.807, 2.05) is 10.3 Å². The first kappa shape index (κ1) is 13.8. The van der Waals surface area contributed by atoms with Gasteiger partial charge in [-0.2, -0.15) is 0 Å². The van der Waals surface area contributed by atoms with Crippen LogP contribution in [0.3, 0.4) is 0 Å². The van der Waals surface area contributed by atoms with Crippen LogP contribution in [0, 0.1) is 0 Å². The molecular weight excluding hydrogens is 267 g/mol. The van der Waals surface area contributed by atoms with Crippen molar-refractivity contribution in [2.45, 2.75) is 6.42 Å². The average molecular weight is 281 g/mol. The van der Waals surface area contributed by atoms with Crippen LogP contribution >= 0.6 is 35.3 Å². The van der Waals surface area contributed by atoms with E-state index in [0.29, 0.717) is 9.90 Å². The molecule has 0 unspecified atom stereocenters. The number of halogens is 2. The van der Waals surface area contributed by atoms with Crippen LogP contribution in [0.25, 0.3) is 0 Å². The summed E-state index contributed by atoms with van der Waals surface area (Å²) in [5.41, 5.74) is 0. The second-order valence-electron chi connectivity index (χ2n) is 3.49. The summed E-state index contributed by atoms with van der Waals surface area (Å²) in [7, 11) is 0. The molecule has 1 aliphatic rings. The highest BCUT2D eigenvalue weighted by atomic mass is 35.5. The van der Waals surface area contributed by atoms with E-state index in [2.05, 4.69) is 5.32 Å². The molecule has 0 aromatic carbocycles. The number of thiophene rings is 1. The Bertz CT molecular complexity index is 348. The first-order valence-corrected chi connectivity index (χ1v) is 6.28. The molecular formula is C10H14Cl2N2OS. The van der Waals surface area contributed by atoms with E-state index < -0.39 is 0 Å². The molecule has 0 bridgehead atoms. The SMILES string of the molecule is Cl.O=C(c1sccc1Cl)N1CCCNCC1. The van der Waals surface area contributed by atoms with Gasteiger partial charge in [0.2, 0.25) is 0 Å². The van der Waals surface area contributed by atoms with Gasteiger partial charge in [-0.1, -0.05) is 11.6 Å². The van der Waals surface area contributed by atoms with Crippen LogP contribution in [0.2, 0.25) is 5.02 Å². The van der Waals surface area contributed by atoms with Gasteiger partial charge in [-0.3, -0.25) is 4.79 Å². The fraction of sp³-hybridized carbons (Fsp3) is 0.500. The second kappa shape index (κ2) is 6.45. The lowest BCUT2D eigenvalue weighted by atomic mass is 10.3. The van der Waals surface area contributed by atoms with Gasteiger partial charge in [0.25, 0.3) is 5.91 Å². The van der Waals surface area contributed by atoms with Crippen molar-refractivity contribution >= 4 is 41.3 Å². The molecule has 1 aromatic heterocycles. The van der Waals surface area contributed by atoms with Crippen LogP contribution in [0.4, 0.5) is 0 Å². The second-order valence-corrected chi connectivity index (χ2v) is 4.82. The van der Waals surface area contributed by atoms with Crippen LogP contribution in [0.15, 0.2) is 11.4 Å². The Labute approximate surface area is 110 Å². The summed E-state index contributed by atoms with van der Waals surface area (Å²) >= 11 is 7.36. The Morgan fingerprint density at radius 1 is 1.44 bits per heavy atom. The van der Waals surface area contributed by atoms with Crippen LogP contribution in [0.1, 0.15) is 16.1 Å². The maximum atomic E-state index is 12.1. The molecule has 1 fully saturated rings. The minimum Gasteiger partial charge on any atom is -0.337 e. The van der Waals surface area contributed by atoms with Gasteiger partial charge in [0.05, 0.1) is 5.02 Å². The molecule has 1 aliphatic heterocycles. The van der Waals surface area contributed by atoms with Gasteiger partial charge in [-0.25, -0.2) is 0 Å². The number of rotatable bonds is 1. The Balaban J connectivity index is 0.00000128. The minimum absolute atomic E-state index is 0. The van der Waals surface area contributed by atoms with Gasteiger partial charge in [0, 0.05) is 19.6 Å². The number of nitrogens with one attached hydrogen (secondary N) is 1. The van der Waals surface area contributed by atoms with Gasteiger partial charge in [0.15, 0.2) is 0 Å². The highest BCUT2D eigenvalue weighted by molar-refractivity contribution is 7.12. The molecule has 3 nitrogen and oxygen atoms in total. The summed E-state index contributed by atoms with van der Waals surface area (Å²) in [6, 6.07) is 1.77. The summed E-state index contributed by atoms with van der Waals surface area (Å²) in [4.78, 5) is 14.6. The highest BCUT2D eigenvalue weighted by Gasteiger charge is 2.20. The topological polar surface area (TPSA) is 32.3 Å². The molecule has 16 heavy (non-hydrogen) atoms. The van der Waals surface area contributed by atoms with Crippen LogP contribution < -0.4 is 5.32 Å². The standard InChI is InChI=1S/C10H13ClN2OS.ClH/c11-8-2-7-15-9(8)10(14)13-5-1-3-12-4-6-13;/h2,7,12H,1,3-6H2;1H. The lowest BCUT2D eigenvalue weighted by Gasteiger charge is -2.19. The normalized spacial score (nSPS) is 16.4. The molecule has 0 saturated carbocycles. The number of carbonyl (C=O) groups is 1. The zero-order chi connectivity index (χ0) is 10.7. The summed E-state index contributed by atoms with van der Waals surface area (Å²) in [5, 5.41) is 5.69. The van der Waals surface area contributed by atoms with E-state index in [1.165, 1.54) is 11.3 Å². The molecule has 1 amide bonds. The number of hydrogen-bond acceptors (Lipinski definition) is 3. The molecule has 1 saturated heterocycles. The summed E-state index contributed by atoms with van der Waals surface area (Å²) < 4.78 is 0. The first-order valence-electron chi connectivity index (χ1n) is 5.02. The van der Waals surface area contributed by atoms with Crippen LogP contribution in [-0.4, -0.2) is 37.0 Å². The third-order valence-corrected chi connectivity index (χ3v) is 3.77. The maximum absolute atomic E-state index is 12.1. The van der Waals surface area contributed by atoms with E-state index in [1.54, 1.807) is 6.07 Å². The number of carbonyl (C=O) groups excluding carboxylic acids is 1. The molecule has 2 rings (SSSR count). The molecule has 0 spiro atoms. The van der Waals surface area contributed by atoms with E-state index in [4.69, 9.17) is 11.6 Å². The zero-order valence-electron chi connectivity index (χ0n) is 8.74. The lowest BCUT2D eigenvalue weighted by molar-refractivity contribution is 0.0771. The molecule has 1 N–H and O–H groups in total. The quantitative estimate of drug-likeness (QED) is 0.856. The zero-order valence-corrected chi connectivity index (χ0v) is 11.1. The smallest absolute Gasteiger partial charge is 0.265 e. The van der Waals surface area contributed by atoms with Gasteiger partial charge in [-0.15, -0.1) is 23.7 Å². The van der Waals surface area contributed by atoms with Crippen molar-refractivity contribution in [3.8, 4) is 0 Å². The van der Waals surface area contributed by atoms with Crippen LogP contribution in [-0.2, 0) is 0 Å². The van der Waals surface area contributed by atoms with E-state index in [9.17, 15) is 4.79 Å². The molecule has 0 aliphatic carbocycles. The summed E-state index contributed by atoms with van der Waals surface area (Å²) in [6.45, 7) is 3.45. The van der Waals surface area contributed by atoms with Gasteiger partial charge in [-0.05, 0) is 24.4 Å². The summed E-state index contributed by atoms with van der Waals surface area (Å²) in [6.07, 6.45) is 1.01. The van der Waals surface area contributed by atoms with Crippen molar-refractivity contribution < 1.29 is 4.79 Å². The lowest BCUT2D eigenvalue weighted by Crippen LogP contribution is -2.33. The highest BCUT2D eigenvalue weighted by Crippen LogP contribution is 2.23. The largest absolute Gasteiger partial charge is 0.337 e. The van der Waals surface area contributed by atoms with Gasteiger partial charge in [0.1, 0.15) is 4.88 Å². The van der Waals surface area contributed by atoms with Crippen molar-refractivity contribution in [2.75, 3.05) is 26.2 Å². The molecule has 1 aromatic rings. The van der Waals surface area contributed by atoms with Crippen molar-refractivity contribution in [3.63, 3.8) is 0 Å². The number of nitrogens with zero attached hydrogens (tertiary/aromatic N) is 1.